The monoisotopic (exact) mass is 322 g/mol. The molecule has 130 valence electrons. The maximum atomic E-state index is 12.7. The van der Waals surface area contributed by atoms with Crippen molar-refractivity contribution in [2.75, 3.05) is 7.11 Å². The summed E-state index contributed by atoms with van der Waals surface area (Å²) in [4.78, 5) is 12.7. The summed E-state index contributed by atoms with van der Waals surface area (Å²) in [5, 5.41) is 10.1. The Bertz CT molecular complexity index is 536. The Morgan fingerprint density at radius 1 is 1.35 bits per heavy atom. The predicted octanol–water partition coefficient (Wildman–Crippen LogP) is 3.56. The number of ketones is 1. The van der Waals surface area contributed by atoms with E-state index in [0.717, 1.165) is 5.57 Å². The predicted molar refractivity (Wildman–Crippen MR) is 92.0 cm³/mol. The largest absolute Gasteiger partial charge is 0.382 e. The van der Waals surface area contributed by atoms with E-state index in [1.165, 1.54) is 6.08 Å². The second kappa shape index (κ2) is 6.71. The first-order valence-electron chi connectivity index (χ1n) is 7.89. The number of hydrogen-bond donors (Lipinski definition) is 1. The third-order valence-electron chi connectivity index (χ3n) is 4.41. The number of ether oxygens (including phenoxy) is 2. The first kappa shape index (κ1) is 19.8. The Kier molecular flexibility index (Phi) is 5.79. The van der Waals surface area contributed by atoms with Crippen LogP contribution < -0.4 is 0 Å². The number of rotatable bonds is 6. The van der Waals surface area contributed by atoms with Crippen molar-refractivity contribution in [3.05, 3.63) is 36.0 Å². The van der Waals surface area contributed by atoms with Gasteiger partial charge in [0.25, 0.3) is 0 Å². The van der Waals surface area contributed by atoms with Crippen molar-refractivity contribution < 1.29 is 19.4 Å². The van der Waals surface area contributed by atoms with E-state index in [4.69, 9.17) is 9.47 Å². The van der Waals surface area contributed by atoms with Crippen LogP contribution in [0.5, 0.6) is 0 Å². The van der Waals surface area contributed by atoms with Crippen molar-refractivity contribution in [1.29, 1.82) is 0 Å². The van der Waals surface area contributed by atoms with Gasteiger partial charge in [-0.1, -0.05) is 32.6 Å². The zero-order valence-corrected chi connectivity index (χ0v) is 15.4. The van der Waals surface area contributed by atoms with Crippen LogP contribution in [0.1, 0.15) is 48.0 Å². The highest BCUT2D eigenvalue weighted by atomic mass is 16.7. The lowest BCUT2D eigenvalue weighted by atomic mass is 9.70. The van der Waals surface area contributed by atoms with Gasteiger partial charge >= 0.3 is 0 Å². The molecule has 0 heterocycles. The molecule has 0 radical (unpaired) electrons. The summed E-state index contributed by atoms with van der Waals surface area (Å²) >= 11 is 0. The van der Waals surface area contributed by atoms with E-state index in [0.29, 0.717) is 12.0 Å². The molecule has 0 bridgehead atoms. The highest BCUT2D eigenvalue weighted by Crippen LogP contribution is 2.41. The average molecular weight is 322 g/mol. The molecule has 4 nitrogen and oxygen atoms in total. The average Bonchev–Trinajstić information content (AvgIpc) is 2.43. The summed E-state index contributed by atoms with van der Waals surface area (Å²) in [5.74, 6) is -0.844. The van der Waals surface area contributed by atoms with Crippen LogP contribution in [0.15, 0.2) is 36.0 Å². The standard InChI is InChI=1S/C19H30O4/c1-9-19(7,21)11-10-14-13(2)16(20)15(12-17(14,3)4)23-18(5,6)22-8/h9-11,15,21H,1,12H2,2-8H3/b11-10+. The molecule has 1 aliphatic rings. The lowest BCUT2D eigenvalue weighted by Crippen LogP contribution is -2.43. The molecule has 0 fully saturated rings. The van der Waals surface area contributed by atoms with Crippen molar-refractivity contribution >= 4 is 5.78 Å². The normalized spacial score (nSPS) is 24.9. The molecule has 0 aliphatic heterocycles. The molecule has 23 heavy (non-hydrogen) atoms. The second-order valence-corrected chi connectivity index (χ2v) is 7.46. The van der Waals surface area contributed by atoms with Gasteiger partial charge in [0, 0.05) is 7.11 Å². The third-order valence-corrected chi connectivity index (χ3v) is 4.41. The number of carbonyl (C=O) groups is 1. The minimum Gasteiger partial charge on any atom is -0.382 e. The highest BCUT2D eigenvalue weighted by molar-refractivity contribution is 6.00. The smallest absolute Gasteiger partial charge is 0.187 e. The molecule has 1 N–H and O–H groups in total. The van der Waals surface area contributed by atoms with Crippen LogP contribution >= 0.6 is 0 Å². The number of allylic oxidation sites excluding steroid dienone is 2. The maximum Gasteiger partial charge on any atom is 0.187 e. The summed E-state index contributed by atoms with van der Waals surface area (Å²) in [6, 6.07) is 0. The summed E-state index contributed by atoms with van der Waals surface area (Å²) in [6.07, 6.45) is 4.98. The zero-order valence-electron chi connectivity index (χ0n) is 15.4. The fourth-order valence-corrected chi connectivity index (χ4v) is 2.70. The molecule has 0 aromatic carbocycles. The highest BCUT2D eigenvalue weighted by Gasteiger charge is 2.40. The van der Waals surface area contributed by atoms with Crippen LogP contribution in [0.4, 0.5) is 0 Å². The van der Waals surface area contributed by atoms with Crippen LogP contribution in [0, 0.1) is 5.41 Å². The van der Waals surface area contributed by atoms with Gasteiger partial charge in [-0.2, -0.15) is 0 Å². The van der Waals surface area contributed by atoms with E-state index >= 15 is 0 Å². The van der Waals surface area contributed by atoms with Gasteiger partial charge in [0.15, 0.2) is 11.6 Å². The molecular formula is C19H30O4. The Morgan fingerprint density at radius 3 is 2.39 bits per heavy atom. The number of carbonyl (C=O) groups excluding carboxylic acids is 1. The van der Waals surface area contributed by atoms with E-state index in [9.17, 15) is 9.90 Å². The van der Waals surface area contributed by atoms with Gasteiger partial charge in [-0.25, -0.2) is 0 Å². The van der Waals surface area contributed by atoms with Crippen molar-refractivity contribution in [2.24, 2.45) is 5.41 Å². The Morgan fingerprint density at radius 2 is 1.91 bits per heavy atom. The summed E-state index contributed by atoms with van der Waals surface area (Å²) < 4.78 is 11.1. The van der Waals surface area contributed by atoms with E-state index in [2.05, 4.69) is 20.4 Å². The molecule has 0 aromatic rings. The lowest BCUT2D eigenvalue weighted by Gasteiger charge is -2.39. The maximum absolute atomic E-state index is 12.7. The topological polar surface area (TPSA) is 55.8 Å². The quantitative estimate of drug-likeness (QED) is 0.600. The zero-order chi connectivity index (χ0) is 18.1. The third kappa shape index (κ3) is 4.87. The molecule has 4 heteroatoms. The number of hydrogen-bond acceptors (Lipinski definition) is 4. The van der Waals surface area contributed by atoms with Crippen LogP contribution in [0.2, 0.25) is 0 Å². The van der Waals surface area contributed by atoms with Gasteiger partial charge in [-0.15, -0.1) is 0 Å². The Balaban J connectivity index is 3.17. The SMILES string of the molecule is C=CC(C)(O)/C=C/C1=C(C)C(=O)C(OC(C)(C)OC)CC1(C)C. The first-order valence-corrected chi connectivity index (χ1v) is 7.89. The number of Topliss-reactive ketones (excluding diaryl/α,β-unsaturated/α-hetero) is 1. The van der Waals surface area contributed by atoms with Crippen LogP contribution in [-0.4, -0.2) is 35.5 Å². The Labute approximate surface area is 139 Å². The molecule has 0 spiro atoms. The Hall–Kier alpha value is -1.23. The van der Waals surface area contributed by atoms with Crippen molar-refractivity contribution in [1.82, 2.24) is 0 Å². The van der Waals surface area contributed by atoms with Gasteiger partial charge in [0.2, 0.25) is 0 Å². The first-order chi connectivity index (χ1) is 10.4. The van der Waals surface area contributed by atoms with E-state index in [1.54, 1.807) is 34.0 Å². The molecule has 1 aliphatic carbocycles. The lowest BCUT2D eigenvalue weighted by molar-refractivity contribution is -0.225. The van der Waals surface area contributed by atoms with Gasteiger partial charge in [0.05, 0.1) is 5.60 Å². The van der Waals surface area contributed by atoms with Gasteiger partial charge in [-0.05, 0) is 56.8 Å². The summed E-state index contributed by atoms with van der Waals surface area (Å²) in [7, 11) is 1.56. The molecule has 2 unspecified atom stereocenters. The number of aliphatic hydroxyl groups is 1. The molecule has 1 rings (SSSR count). The van der Waals surface area contributed by atoms with E-state index in [1.807, 2.05) is 13.0 Å². The molecule has 0 aromatic heterocycles. The molecule has 0 saturated heterocycles. The van der Waals surface area contributed by atoms with Crippen molar-refractivity contribution in [2.45, 2.75) is 65.5 Å². The van der Waals surface area contributed by atoms with Crippen molar-refractivity contribution in [3.8, 4) is 0 Å². The molecular weight excluding hydrogens is 292 g/mol. The van der Waals surface area contributed by atoms with Crippen molar-refractivity contribution in [3.63, 3.8) is 0 Å². The minimum atomic E-state index is -1.10. The molecule has 2 atom stereocenters. The molecule has 0 amide bonds. The fraction of sp³-hybridized carbons (Fsp3) is 0.632. The van der Waals surface area contributed by atoms with Crippen LogP contribution in [0.25, 0.3) is 0 Å². The molecule has 0 saturated carbocycles. The summed E-state index contributed by atoms with van der Waals surface area (Å²) in [6.45, 7) is 14.8. The van der Waals surface area contributed by atoms with Gasteiger partial charge in [-0.3, -0.25) is 4.79 Å². The van der Waals surface area contributed by atoms with Gasteiger partial charge in [0.1, 0.15) is 6.10 Å². The van der Waals surface area contributed by atoms with E-state index in [-0.39, 0.29) is 11.2 Å². The van der Waals surface area contributed by atoms with E-state index < -0.39 is 17.5 Å². The van der Waals surface area contributed by atoms with Crippen LogP contribution in [-0.2, 0) is 14.3 Å². The second-order valence-electron chi connectivity index (χ2n) is 7.46. The number of methoxy groups -OCH3 is 1. The summed E-state index contributed by atoms with van der Waals surface area (Å²) in [5.41, 5.74) is 0.229. The fourth-order valence-electron chi connectivity index (χ4n) is 2.70. The van der Waals surface area contributed by atoms with Gasteiger partial charge < -0.3 is 14.6 Å². The minimum absolute atomic E-state index is 0.0349. The van der Waals surface area contributed by atoms with Crippen LogP contribution in [0.3, 0.4) is 0 Å².